The second kappa shape index (κ2) is 29.4. The van der Waals surface area contributed by atoms with Gasteiger partial charge in [0.05, 0.1) is 20.4 Å². The summed E-state index contributed by atoms with van der Waals surface area (Å²) in [5.41, 5.74) is -1.87. The van der Waals surface area contributed by atoms with Crippen LogP contribution in [0.25, 0.3) is 0 Å². The molecule has 18 nitrogen and oxygen atoms in total. The maximum atomic E-state index is 16.5. The Labute approximate surface area is 462 Å². The van der Waals surface area contributed by atoms with Gasteiger partial charge in [-0.3, -0.25) is 28.5 Å². The lowest BCUT2D eigenvalue weighted by Gasteiger charge is -2.37. The number of carbonyl (C=O) groups is 3. The maximum Gasteiger partial charge on any atom is 0.351 e. The van der Waals surface area contributed by atoms with Gasteiger partial charge in [0.1, 0.15) is 66.5 Å². The highest BCUT2D eigenvalue weighted by molar-refractivity contribution is 8.00. The molecular formula is C58H72F2N6O12S. The van der Waals surface area contributed by atoms with Gasteiger partial charge in [-0.25, -0.2) is 23.2 Å². The molecule has 21 heteroatoms. The molecule has 2 aromatic heterocycles. The van der Waals surface area contributed by atoms with Gasteiger partial charge >= 0.3 is 23.3 Å². The van der Waals surface area contributed by atoms with E-state index in [1.54, 1.807) is 38.5 Å². The van der Waals surface area contributed by atoms with Gasteiger partial charge in [0.15, 0.2) is 11.6 Å². The summed E-state index contributed by atoms with van der Waals surface area (Å²) in [5.74, 6) is -1.83. The topological polar surface area (TPSA) is 220 Å². The Morgan fingerprint density at radius 2 is 1.38 bits per heavy atom. The van der Waals surface area contributed by atoms with E-state index in [2.05, 4.69) is 27.5 Å². The summed E-state index contributed by atoms with van der Waals surface area (Å²) in [4.78, 5) is 84.5. The van der Waals surface area contributed by atoms with Crippen molar-refractivity contribution < 1.29 is 51.6 Å². The van der Waals surface area contributed by atoms with Crippen molar-refractivity contribution >= 4 is 35.4 Å². The third-order valence-corrected chi connectivity index (χ3v) is 15.3. The van der Waals surface area contributed by atoms with Crippen molar-refractivity contribution in [1.82, 2.24) is 24.4 Å². The number of carbonyl (C=O) groups excluding carboxylic acids is 3. The van der Waals surface area contributed by atoms with E-state index < -0.39 is 89.0 Å². The van der Waals surface area contributed by atoms with E-state index in [0.29, 0.717) is 29.0 Å². The van der Waals surface area contributed by atoms with Gasteiger partial charge in [-0.1, -0.05) is 126 Å². The van der Waals surface area contributed by atoms with Crippen LogP contribution >= 0.6 is 11.8 Å². The average molecular weight is 1120 g/mol. The van der Waals surface area contributed by atoms with Crippen LogP contribution in [0.5, 0.6) is 11.5 Å². The summed E-state index contributed by atoms with van der Waals surface area (Å²) in [5, 5.41) is 5.98. The fourth-order valence-corrected chi connectivity index (χ4v) is 10.7. The minimum atomic E-state index is -1.64. The highest BCUT2D eigenvalue weighted by atomic mass is 32.2. The Morgan fingerprint density at radius 3 is 2.00 bits per heavy atom. The van der Waals surface area contributed by atoms with Crippen molar-refractivity contribution in [3.63, 3.8) is 0 Å². The molecule has 0 bridgehead atoms. The fraction of sp³-hybridized carbons (Fsp3) is 0.500. The minimum Gasteiger partial charge on any atom is -0.497 e. The van der Waals surface area contributed by atoms with Gasteiger partial charge in [0.25, 0.3) is 5.56 Å². The number of aromatic nitrogens is 4. The first kappa shape index (κ1) is 59.8. The Morgan fingerprint density at radius 1 is 0.772 bits per heavy atom. The number of benzene rings is 3. The molecule has 0 saturated carbocycles. The van der Waals surface area contributed by atoms with Crippen LogP contribution in [0.2, 0.25) is 0 Å². The number of halogens is 2. The molecule has 0 spiro atoms. The monoisotopic (exact) mass is 1110 g/mol. The molecule has 2 fully saturated rings. The standard InChI is InChI=1S/C58H72F2N6O12S/c1-5-6-7-8-9-10-11-12-13-14-18-21-48(67)61-46(55(70)76-35-47-44(59)32-49(77-47)65-33-38(2)54(69)63-57(65)72)30-31-51(68)75-36-52-78-50(37-79-52)66-34-45(60)53(62-56(66)71)64-58(39-19-16-15-17-20-39,40-22-26-42(73-3)27-23-40)41-24-28-43(74-4)29-25-41/h15-17,19-20,22-29,33-34,44,46-47,49-50,52H,5-14,18,21,30-32,35-37H2,1-4H3,(H,61,67)(H,62,64,71)(H,63,69,72)/t44-,46-,47+,49+,50-,52+/m0/s1. The average Bonchev–Trinajstić information content (AvgIpc) is 4.27. The van der Waals surface area contributed by atoms with E-state index in [0.717, 1.165) is 46.6 Å². The van der Waals surface area contributed by atoms with E-state index >= 15 is 8.78 Å². The number of amides is 1. The number of esters is 2. The van der Waals surface area contributed by atoms with Crippen LogP contribution in [0, 0.1) is 12.7 Å². The number of anilines is 1. The second-order valence-electron chi connectivity index (χ2n) is 19.8. The number of alkyl halides is 1. The summed E-state index contributed by atoms with van der Waals surface area (Å²) in [6, 6.07) is 22.6. The minimum absolute atomic E-state index is 0.138. The maximum absolute atomic E-state index is 16.5. The van der Waals surface area contributed by atoms with E-state index in [9.17, 15) is 28.8 Å². The molecule has 2 saturated heterocycles. The van der Waals surface area contributed by atoms with Crippen LogP contribution in [0.3, 0.4) is 0 Å². The number of aryl methyl sites for hydroxylation is 1. The second-order valence-corrected chi connectivity index (χ2v) is 21.0. The van der Waals surface area contributed by atoms with Gasteiger partial charge in [0.2, 0.25) is 5.91 Å². The highest BCUT2D eigenvalue weighted by Crippen LogP contribution is 2.42. The number of nitrogens with zero attached hydrogens (tertiary/aromatic N) is 3. The van der Waals surface area contributed by atoms with Gasteiger partial charge < -0.3 is 39.1 Å². The van der Waals surface area contributed by atoms with Gasteiger partial charge in [0, 0.05) is 36.8 Å². The number of ether oxygens (including phenoxy) is 6. The largest absolute Gasteiger partial charge is 0.497 e. The van der Waals surface area contributed by atoms with Crippen LogP contribution in [0.15, 0.2) is 106 Å². The van der Waals surface area contributed by atoms with E-state index in [1.165, 1.54) is 63.4 Å². The summed E-state index contributed by atoms with van der Waals surface area (Å²) in [6.07, 6.45) is 8.73. The molecule has 1 amide bonds. The molecule has 5 aromatic rings. The predicted octanol–water partition coefficient (Wildman–Crippen LogP) is 8.93. The molecule has 0 radical (unpaired) electrons. The zero-order valence-electron chi connectivity index (χ0n) is 45.3. The number of H-pyrrole nitrogens is 1. The molecule has 3 aromatic carbocycles. The molecule has 7 rings (SSSR count). The molecule has 2 aliphatic heterocycles. The lowest BCUT2D eigenvalue weighted by Crippen LogP contribution is -2.43. The van der Waals surface area contributed by atoms with Crippen molar-refractivity contribution in [3.05, 3.63) is 151 Å². The number of hydrogen-bond donors (Lipinski definition) is 3. The smallest absolute Gasteiger partial charge is 0.351 e. The lowest BCUT2D eigenvalue weighted by molar-refractivity contribution is -0.154. The van der Waals surface area contributed by atoms with Crippen LogP contribution in [0.1, 0.15) is 138 Å². The Kier molecular flexibility index (Phi) is 22.3. The van der Waals surface area contributed by atoms with Crippen molar-refractivity contribution in [3.8, 4) is 11.5 Å². The van der Waals surface area contributed by atoms with Gasteiger partial charge in [-0.05, 0) is 60.7 Å². The number of rotatable bonds is 30. The third-order valence-electron chi connectivity index (χ3n) is 14.2. The number of unbranched alkanes of at least 4 members (excludes halogenated alkanes) is 10. The van der Waals surface area contributed by atoms with Crippen LogP contribution in [-0.4, -0.2) is 93.9 Å². The molecule has 4 heterocycles. The normalized spacial score (nSPS) is 18.4. The molecule has 79 heavy (non-hydrogen) atoms. The zero-order chi connectivity index (χ0) is 56.3. The number of nitrogens with one attached hydrogen (secondary N) is 3. The molecule has 426 valence electrons. The first-order valence-corrected chi connectivity index (χ1v) is 28.2. The summed E-state index contributed by atoms with van der Waals surface area (Å²) >= 11 is 1.24. The predicted molar refractivity (Wildman–Crippen MR) is 294 cm³/mol. The molecule has 0 aliphatic carbocycles. The molecular weight excluding hydrogens is 1040 g/mol. The summed E-state index contributed by atoms with van der Waals surface area (Å²) < 4.78 is 67.5. The van der Waals surface area contributed by atoms with Crippen molar-refractivity contribution in [1.29, 1.82) is 0 Å². The van der Waals surface area contributed by atoms with E-state index in [4.69, 9.17) is 28.4 Å². The number of aromatic amines is 1. The van der Waals surface area contributed by atoms with Gasteiger partial charge in [-0.15, -0.1) is 11.8 Å². The quantitative estimate of drug-likeness (QED) is 0.0222. The Balaban J connectivity index is 0.957. The number of thioether (sulfide) groups is 1. The molecule has 0 unspecified atom stereocenters. The first-order chi connectivity index (χ1) is 38.2. The van der Waals surface area contributed by atoms with Crippen molar-refractivity contribution in [2.45, 2.75) is 152 Å². The Hall–Kier alpha value is -6.84. The van der Waals surface area contributed by atoms with Crippen molar-refractivity contribution in [2.24, 2.45) is 0 Å². The lowest BCUT2D eigenvalue weighted by atomic mass is 9.77. The van der Waals surface area contributed by atoms with Crippen LogP contribution in [-0.2, 0) is 38.9 Å². The van der Waals surface area contributed by atoms with Crippen LogP contribution in [0.4, 0.5) is 14.6 Å². The SMILES string of the molecule is CCCCCCCCCCCCCC(=O)N[C@@H](CCC(=O)OC[C@@H]1O[C@H](n2cc(F)c(NC(c3ccccc3)(c3ccc(OC)cc3)c3ccc(OC)cc3)nc2=O)CS1)C(=O)OC[C@H]1O[C@@H](n2cc(C)c(=O)[nH]c2=O)C[C@@H]1F. The highest BCUT2D eigenvalue weighted by Gasteiger charge is 2.40. The van der Waals surface area contributed by atoms with E-state index in [1.807, 2.05) is 54.6 Å². The molecule has 2 aliphatic rings. The zero-order valence-corrected chi connectivity index (χ0v) is 46.1. The Bertz CT molecular complexity index is 2910. The summed E-state index contributed by atoms with van der Waals surface area (Å²) in [7, 11) is 3.12. The molecule has 6 atom stereocenters. The fourth-order valence-electron chi connectivity index (χ4n) is 9.72. The number of methoxy groups -OCH3 is 2. The van der Waals surface area contributed by atoms with Gasteiger partial charge in [-0.2, -0.15) is 4.98 Å². The number of hydrogen-bond acceptors (Lipinski definition) is 15. The van der Waals surface area contributed by atoms with Crippen LogP contribution < -0.4 is 37.0 Å². The van der Waals surface area contributed by atoms with Crippen molar-refractivity contribution in [2.75, 3.05) is 38.5 Å². The van der Waals surface area contributed by atoms with E-state index in [-0.39, 0.29) is 49.4 Å². The molecule has 3 N–H and O–H groups in total. The first-order valence-electron chi connectivity index (χ1n) is 27.1. The third kappa shape index (κ3) is 16.2. The summed E-state index contributed by atoms with van der Waals surface area (Å²) in [6.45, 7) is 2.88.